The normalized spacial score (nSPS) is 16.4. The summed E-state index contributed by atoms with van der Waals surface area (Å²) < 4.78 is 16.4. The molecule has 0 bridgehead atoms. The number of aryl methyl sites for hydroxylation is 1. The van der Waals surface area contributed by atoms with E-state index in [0.717, 1.165) is 5.56 Å². The lowest BCUT2D eigenvalue weighted by atomic mass is 10.2. The number of benzene rings is 2. The molecule has 4 nitrogen and oxygen atoms in total. The molecule has 0 unspecified atom stereocenters. The molecule has 5 heteroatoms. The fourth-order valence-electron chi connectivity index (χ4n) is 2.00. The molecule has 0 radical (unpaired) electrons. The van der Waals surface area contributed by atoms with E-state index in [4.69, 9.17) is 25.8 Å². The minimum atomic E-state index is -0.782. The average Bonchev–Trinajstić information content (AvgIpc) is 2.50. The van der Waals surface area contributed by atoms with Crippen LogP contribution < -0.4 is 14.2 Å². The van der Waals surface area contributed by atoms with E-state index in [1.807, 2.05) is 19.1 Å². The molecule has 1 aliphatic heterocycles. The average molecular weight is 305 g/mol. The van der Waals surface area contributed by atoms with Crippen molar-refractivity contribution in [2.24, 2.45) is 0 Å². The molecule has 0 N–H and O–H groups in total. The first kappa shape index (κ1) is 13.8. The largest absolute Gasteiger partial charge is 0.485 e. The maximum Gasteiger partial charge on any atom is 0.356 e. The molecule has 0 saturated carbocycles. The highest BCUT2D eigenvalue weighted by molar-refractivity contribution is 6.31. The molecule has 108 valence electrons. The molecular formula is C16H13ClO4. The van der Waals surface area contributed by atoms with Gasteiger partial charge in [0.25, 0.3) is 0 Å². The molecular weight excluding hydrogens is 292 g/mol. The number of fused-ring (bicyclic) bond motifs is 1. The summed E-state index contributed by atoms with van der Waals surface area (Å²) in [6.07, 6.45) is -0.782. The molecule has 3 rings (SSSR count). The highest BCUT2D eigenvalue weighted by Gasteiger charge is 2.29. The Morgan fingerprint density at radius 1 is 1.24 bits per heavy atom. The zero-order valence-electron chi connectivity index (χ0n) is 11.3. The van der Waals surface area contributed by atoms with Gasteiger partial charge in [0.15, 0.2) is 11.5 Å². The van der Waals surface area contributed by atoms with Gasteiger partial charge < -0.3 is 14.2 Å². The smallest absolute Gasteiger partial charge is 0.356 e. The summed E-state index contributed by atoms with van der Waals surface area (Å²) in [4.78, 5) is 12.1. The number of rotatable bonds is 2. The van der Waals surface area contributed by atoms with E-state index in [0.29, 0.717) is 22.3 Å². The van der Waals surface area contributed by atoms with E-state index < -0.39 is 12.1 Å². The Kier molecular flexibility index (Phi) is 3.71. The van der Waals surface area contributed by atoms with Gasteiger partial charge in [-0.15, -0.1) is 0 Å². The molecule has 1 atom stereocenters. The van der Waals surface area contributed by atoms with E-state index in [9.17, 15) is 4.79 Å². The van der Waals surface area contributed by atoms with Crippen LogP contribution in [-0.2, 0) is 4.79 Å². The molecule has 2 aromatic carbocycles. The van der Waals surface area contributed by atoms with E-state index in [1.54, 1.807) is 30.3 Å². The predicted octanol–water partition coefficient (Wildman–Crippen LogP) is 3.39. The molecule has 21 heavy (non-hydrogen) atoms. The van der Waals surface area contributed by atoms with E-state index in [2.05, 4.69) is 0 Å². The fraction of sp³-hybridized carbons (Fsp3) is 0.188. The van der Waals surface area contributed by atoms with Crippen LogP contribution in [0.5, 0.6) is 17.2 Å². The van der Waals surface area contributed by atoms with Gasteiger partial charge in [0.05, 0.1) is 0 Å². The van der Waals surface area contributed by atoms with Gasteiger partial charge in [0, 0.05) is 5.02 Å². The Bertz CT molecular complexity index is 684. The maximum atomic E-state index is 12.1. The summed E-state index contributed by atoms with van der Waals surface area (Å²) in [7, 11) is 0. The summed E-state index contributed by atoms with van der Waals surface area (Å²) in [6, 6.07) is 12.2. The topological polar surface area (TPSA) is 44.8 Å². The van der Waals surface area contributed by atoms with Gasteiger partial charge in [-0.2, -0.15) is 0 Å². The van der Waals surface area contributed by atoms with Crippen molar-refractivity contribution in [2.75, 3.05) is 6.61 Å². The summed E-state index contributed by atoms with van der Waals surface area (Å²) in [5.74, 6) is 1.11. The maximum absolute atomic E-state index is 12.1. The van der Waals surface area contributed by atoms with Crippen molar-refractivity contribution in [3.05, 3.63) is 53.1 Å². The quantitative estimate of drug-likeness (QED) is 0.630. The fourth-order valence-corrected chi connectivity index (χ4v) is 2.12. The molecule has 0 fully saturated rings. The zero-order valence-corrected chi connectivity index (χ0v) is 12.1. The number of hydrogen-bond acceptors (Lipinski definition) is 4. The van der Waals surface area contributed by atoms with Crippen LogP contribution in [0.15, 0.2) is 42.5 Å². The summed E-state index contributed by atoms with van der Waals surface area (Å²) in [6.45, 7) is 1.97. The second-order valence-corrected chi connectivity index (χ2v) is 5.10. The first-order valence-corrected chi connectivity index (χ1v) is 6.87. The number of carbonyl (C=O) groups is 1. The van der Waals surface area contributed by atoms with E-state index in [-0.39, 0.29) is 6.61 Å². The van der Waals surface area contributed by atoms with Gasteiger partial charge in [-0.1, -0.05) is 23.7 Å². The molecule has 1 aliphatic rings. The Morgan fingerprint density at radius 3 is 2.76 bits per heavy atom. The highest BCUT2D eigenvalue weighted by atomic mass is 35.5. The van der Waals surface area contributed by atoms with Crippen molar-refractivity contribution in [1.29, 1.82) is 0 Å². The number of ether oxygens (including phenoxy) is 3. The van der Waals surface area contributed by atoms with Crippen LogP contribution in [0.3, 0.4) is 0 Å². The molecule has 1 heterocycles. The Hall–Kier alpha value is -2.20. The van der Waals surface area contributed by atoms with Crippen LogP contribution in [0.25, 0.3) is 0 Å². The van der Waals surface area contributed by atoms with E-state index >= 15 is 0 Å². The van der Waals surface area contributed by atoms with Gasteiger partial charge >= 0.3 is 5.97 Å². The molecule has 0 aliphatic carbocycles. The van der Waals surface area contributed by atoms with Gasteiger partial charge in [0.2, 0.25) is 6.10 Å². The lowest BCUT2D eigenvalue weighted by molar-refractivity contribution is -0.144. The molecule has 2 aromatic rings. The third kappa shape index (κ3) is 2.95. The van der Waals surface area contributed by atoms with Crippen molar-refractivity contribution < 1.29 is 19.0 Å². The predicted molar refractivity (Wildman–Crippen MR) is 78.2 cm³/mol. The first-order valence-electron chi connectivity index (χ1n) is 6.50. The summed E-state index contributed by atoms with van der Waals surface area (Å²) >= 11 is 5.94. The minimum absolute atomic E-state index is 0.127. The first-order chi connectivity index (χ1) is 10.1. The second kappa shape index (κ2) is 5.66. The standard InChI is InChI=1S/C16H13ClO4/c1-10-8-11(6-7-12(10)17)20-16(18)15-9-19-13-4-2-3-5-14(13)21-15/h2-8,15H,9H2,1H3/t15-/m0/s1. The van der Waals surface area contributed by atoms with E-state index in [1.165, 1.54) is 0 Å². The zero-order chi connectivity index (χ0) is 14.8. The summed E-state index contributed by atoms with van der Waals surface area (Å²) in [5, 5.41) is 0.626. The Balaban J connectivity index is 1.70. The number of esters is 1. The second-order valence-electron chi connectivity index (χ2n) is 4.70. The van der Waals surface area contributed by atoms with Gasteiger partial charge in [-0.25, -0.2) is 4.79 Å². The number of carbonyl (C=O) groups excluding carboxylic acids is 1. The molecule has 0 spiro atoms. The lowest BCUT2D eigenvalue weighted by Gasteiger charge is -2.24. The van der Waals surface area contributed by atoms with Crippen LogP contribution in [-0.4, -0.2) is 18.7 Å². The molecule has 0 aromatic heterocycles. The van der Waals surface area contributed by atoms with Gasteiger partial charge in [0.1, 0.15) is 12.4 Å². The van der Waals surface area contributed by atoms with Crippen molar-refractivity contribution in [3.8, 4) is 17.2 Å². The van der Waals surface area contributed by atoms with Crippen LogP contribution in [0.1, 0.15) is 5.56 Å². The minimum Gasteiger partial charge on any atom is -0.485 e. The Morgan fingerprint density at radius 2 is 2.00 bits per heavy atom. The third-order valence-electron chi connectivity index (χ3n) is 3.12. The van der Waals surface area contributed by atoms with Crippen LogP contribution in [0.4, 0.5) is 0 Å². The third-order valence-corrected chi connectivity index (χ3v) is 3.54. The van der Waals surface area contributed by atoms with Crippen molar-refractivity contribution >= 4 is 17.6 Å². The van der Waals surface area contributed by atoms with Gasteiger partial charge in [-0.3, -0.25) is 0 Å². The van der Waals surface area contributed by atoms with Crippen molar-refractivity contribution in [3.63, 3.8) is 0 Å². The van der Waals surface area contributed by atoms with Crippen LogP contribution in [0.2, 0.25) is 5.02 Å². The summed E-state index contributed by atoms with van der Waals surface area (Å²) in [5.41, 5.74) is 0.841. The molecule has 0 amide bonds. The Labute approximate surface area is 127 Å². The lowest BCUT2D eigenvalue weighted by Crippen LogP contribution is -2.39. The number of halogens is 1. The van der Waals surface area contributed by atoms with Crippen LogP contribution in [0, 0.1) is 6.92 Å². The monoisotopic (exact) mass is 304 g/mol. The van der Waals surface area contributed by atoms with Crippen molar-refractivity contribution in [1.82, 2.24) is 0 Å². The van der Waals surface area contributed by atoms with Gasteiger partial charge in [-0.05, 0) is 42.8 Å². The van der Waals surface area contributed by atoms with Crippen molar-refractivity contribution in [2.45, 2.75) is 13.0 Å². The molecule has 0 saturated heterocycles. The highest BCUT2D eigenvalue weighted by Crippen LogP contribution is 2.31. The number of hydrogen-bond donors (Lipinski definition) is 0. The number of para-hydroxylation sites is 2. The SMILES string of the molecule is Cc1cc(OC(=O)[C@@H]2COc3ccccc3O2)ccc1Cl. The van der Waals surface area contributed by atoms with Crippen LogP contribution >= 0.6 is 11.6 Å².